The minimum Gasteiger partial charge on any atom is -0.495 e. The molecule has 0 aliphatic heterocycles. The Morgan fingerprint density at radius 3 is 2.30 bits per heavy atom. The lowest BCUT2D eigenvalue weighted by Gasteiger charge is -2.23. The first-order chi connectivity index (χ1) is 12.8. The summed E-state index contributed by atoms with van der Waals surface area (Å²) in [7, 11) is -1.20. The van der Waals surface area contributed by atoms with E-state index in [1.807, 2.05) is 0 Å². The zero-order valence-electron chi connectivity index (χ0n) is 15.1. The first kappa shape index (κ1) is 20.2. The zero-order valence-corrected chi connectivity index (χ0v) is 15.9. The van der Waals surface area contributed by atoms with Crippen molar-refractivity contribution in [3.05, 3.63) is 54.1 Å². The van der Waals surface area contributed by atoms with Gasteiger partial charge in [0.2, 0.25) is 15.9 Å². The molecule has 2 aromatic carbocycles. The van der Waals surface area contributed by atoms with Gasteiger partial charge in [0.05, 0.1) is 37.4 Å². The van der Waals surface area contributed by atoms with Crippen LogP contribution in [0.15, 0.2) is 48.5 Å². The Labute approximate surface area is 157 Å². The summed E-state index contributed by atoms with van der Waals surface area (Å²) in [4.78, 5) is 24.4. The van der Waals surface area contributed by atoms with E-state index >= 15 is 0 Å². The van der Waals surface area contributed by atoms with Crippen LogP contribution in [0, 0.1) is 0 Å². The number of esters is 1. The largest absolute Gasteiger partial charge is 0.495 e. The highest BCUT2D eigenvalue weighted by Gasteiger charge is 2.26. The van der Waals surface area contributed by atoms with Crippen molar-refractivity contribution in [2.24, 2.45) is 0 Å². The van der Waals surface area contributed by atoms with Crippen LogP contribution in [0.1, 0.15) is 10.4 Å². The molecule has 0 heterocycles. The molecule has 0 unspecified atom stereocenters. The third-order valence-corrected chi connectivity index (χ3v) is 4.77. The van der Waals surface area contributed by atoms with Crippen LogP contribution in [0.4, 0.5) is 11.4 Å². The van der Waals surface area contributed by atoms with E-state index in [0.717, 1.165) is 10.6 Å². The van der Waals surface area contributed by atoms with E-state index < -0.39 is 28.4 Å². The Hall–Kier alpha value is -3.07. The predicted molar refractivity (Wildman–Crippen MR) is 102 cm³/mol. The van der Waals surface area contributed by atoms with E-state index in [1.54, 1.807) is 36.4 Å². The molecular formula is C18H20N2O6S. The Morgan fingerprint density at radius 1 is 1.04 bits per heavy atom. The number of anilines is 2. The number of benzene rings is 2. The maximum Gasteiger partial charge on any atom is 0.340 e. The predicted octanol–water partition coefficient (Wildman–Crippen LogP) is 1.89. The van der Waals surface area contributed by atoms with Gasteiger partial charge in [-0.3, -0.25) is 9.10 Å². The number of nitrogens with zero attached hydrogens (tertiary/aromatic N) is 1. The molecule has 0 saturated carbocycles. The summed E-state index contributed by atoms with van der Waals surface area (Å²) in [6.07, 6.45) is 0.956. The second kappa shape index (κ2) is 8.54. The minimum atomic E-state index is -3.85. The zero-order chi connectivity index (χ0) is 20.0. The second-order valence-electron chi connectivity index (χ2n) is 5.53. The highest BCUT2D eigenvalue weighted by molar-refractivity contribution is 7.92. The van der Waals surface area contributed by atoms with Gasteiger partial charge in [0.1, 0.15) is 12.3 Å². The summed E-state index contributed by atoms with van der Waals surface area (Å²) in [5, 5.41) is 2.61. The number of para-hydroxylation sites is 3. The van der Waals surface area contributed by atoms with Gasteiger partial charge >= 0.3 is 5.97 Å². The molecule has 1 N–H and O–H groups in total. The molecule has 2 aromatic rings. The molecule has 0 spiro atoms. The van der Waals surface area contributed by atoms with E-state index in [-0.39, 0.29) is 11.3 Å². The maximum atomic E-state index is 12.5. The lowest BCUT2D eigenvalue weighted by atomic mass is 10.2. The van der Waals surface area contributed by atoms with Crippen molar-refractivity contribution in [1.29, 1.82) is 0 Å². The van der Waals surface area contributed by atoms with E-state index in [2.05, 4.69) is 5.32 Å². The summed E-state index contributed by atoms with van der Waals surface area (Å²) in [5.74, 6) is -0.860. The number of methoxy groups -OCH3 is 2. The van der Waals surface area contributed by atoms with Gasteiger partial charge in [0.25, 0.3) is 0 Å². The van der Waals surface area contributed by atoms with Crippen molar-refractivity contribution in [3.8, 4) is 5.75 Å². The van der Waals surface area contributed by atoms with Gasteiger partial charge in [-0.1, -0.05) is 24.3 Å². The van der Waals surface area contributed by atoms with Crippen molar-refractivity contribution < 1.29 is 27.5 Å². The highest BCUT2D eigenvalue weighted by atomic mass is 32.2. The van der Waals surface area contributed by atoms with Crippen molar-refractivity contribution in [1.82, 2.24) is 0 Å². The summed E-state index contributed by atoms with van der Waals surface area (Å²) in [6.45, 7) is -0.523. The molecule has 144 valence electrons. The molecule has 9 heteroatoms. The standard InChI is InChI=1S/C18H20N2O6S/c1-25-16-11-7-5-9-14(16)19-17(21)12-20(27(3,23)24)15-10-6-4-8-13(15)18(22)26-2/h4-11H,12H2,1-3H3,(H,19,21). The smallest absolute Gasteiger partial charge is 0.340 e. The van der Waals surface area contributed by atoms with Crippen molar-refractivity contribution in [3.63, 3.8) is 0 Å². The molecule has 0 radical (unpaired) electrons. The SMILES string of the molecule is COC(=O)c1ccccc1N(CC(=O)Nc1ccccc1OC)S(C)(=O)=O. The first-order valence-corrected chi connectivity index (χ1v) is 9.70. The van der Waals surface area contributed by atoms with Crippen molar-refractivity contribution >= 4 is 33.3 Å². The lowest BCUT2D eigenvalue weighted by molar-refractivity contribution is -0.114. The molecule has 0 aliphatic carbocycles. The third kappa shape index (κ3) is 4.98. The van der Waals surface area contributed by atoms with Gasteiger partial charge in [-0.25, -0.2) is 13.2 Å². The van der Waals surface area contributed by atoms with Crippen LogP contribution in [-0.4, -0.2) is 47.3 Å². The normalized spacial score (nSPS) is 10.8. The van der Waals surface area contributed by atoms with Gasteiger partial charge in [0.15, 0.2) is 0 Å². The molecule has 1 amide bonds. The summed E-state index contributed by atoms with van der Waals surface area (Å²) >= 11 is 0. The number of carbonyl (C=O) groups is 2. The van der Waals surface area contributed by atoms with Crippen LogP contribution in [-0.2, 0) is 19.6 Å². The molecule has 0 atom stereocenters. The molecule has 0 bridgehead atoms. The molecule has 8 nitrogen and oxygen atoms in total. The van der Waals surface area contributed by atoms with Crippen LogP contribution < -0.4 is 14.4 Å². The molecule has 0 aliphatic rings. The van der Waals surface area contributed by atoms with E-state index in [4.69, 9.17) is 9.47 Å². The number of amides is 1. The second-order valence-corrected chi connectivity index (χ2v) is 7.43. The number of ether oxygens (including phenoxy) is 2. The fourth-order valence-corrected chi connectivity index (χ4v) is 3.29. The number of nitrogens with one attached hydrogen (secondary N) is 1. The fourth-order valence-electron chi connectivity index (χ4n) is 2.42. The average Bonchev–Trinajstić information content (AvgIpc) is 2.65. The Bertz CT molecular complexity index is 942. The third-order valence-electron chi connectivity index (χ3n) is 3.65. The van der Waals surface area contributed by atoms with Gasteiger partial charge in [-0.05, 0) is 24.3 Å². The topological polar surface area (TPSA) is 102 Å². The number of rotatable bonds is 7. The summed E-state index contributed by atoms with van der Waals surface area (Å²) < 4.78 is 35.3. The minimum absolute atomic E-state index is 0.0375. The molecule has 0 fully saturated rings. The maximum absolute atomic E-state index is 12.5. The number of sulfonamides is 1. The highest BCUT2D eigenvalue weighted by Crippen LogP contribution is 2.25. The average molecular weight is 392 g/mol. The number of hydrogen-bond acceptors (Lipinski definition) is 6. The number of hydrogen-bond donors (Lipinski definition) is 1. The first-order valence-electron chi connectivity index (χ1n) is 7.86. The van der Waals surface area contributed by atoms with E-state index in [0.29, 0.717) is 11.4 Å². The molecule has 27 heavy (non-hydrogen) atoms. The van der Waals surface area contributed by atoms with Crippen LogP contribution in [0.3, 0.4) is 0 Å². The van der Waals surface area contributed by atoms with E-state index in [9.17, 15) is 18.0 Å². The fraction of sp³-hybridized carbons (Fsp3) is 0.222. The Balaban J connectivity index is 2.34. The quantitative estimate of drug-likeness (QED) is 0.722. The Morgan fingerprint density at radius 2 is 1.67 bits per heavy atom. The van der Waals surface area contributed by atoms with Crippen LogP contribution in [0.5, 0.6) is 5.75 Å². The van der Waals surface area contributed by atoms with Crippen molar-refractivity contribution in [2.75, 3.05) is 36.6 Å². The molecule has 2 rings (SSSR count). The lowest BCUT2D eigenvalue weighted by Crippen LogP contribution is -2.38. The molecule has 0 saturated heterocycles. The van der Waals surface area contributed by atoms with Crippen molar-refractivity contribution in [2.45, 2.75) is 0 Å². The van der Waals surface area contributed by atoms with Crippen LogP contribution >= 0.6 is 0 Å². The summed E-state index contributed by atoms with van der Waals surface area (Å²) in [5.41, 5.74) is 0.497. The monoisotopic (exact) mass is 392 g/mol. The van der Waals surface area contributed by atoms with Crippen LogP contribution in [0.2, 0.25) is 0 Å². The van der Waals surface area contributed by atoms with E-state index in [1.165, 1.54) is 26.4 Å². The molecule has 0 aromatic heterocycles. The number of carbonyl (C=O) groups excluding carboxylic acids is 2. The van der Waals surface area contributed by atoms with Gasteiger partial charge in [-0.2, -0.15) is 0 Å². The Kier molecular flexibility index (Phi) is 6.40. The molecular weight excluding hydrogens is 372 g/mol. The van der Waals surface area contributed by atoms with Gasteiger partial charge in [0, 0.05) is 0 Å². The van der Waals surface area contributed by atoms with Gasteiger partial charge < -0.3 is 14.8 Å². The summed E-state index contributed by atoms with van der Waals surface area (Å²) in [6, 6.07) is 12.7. The van der Waals surface area contributed by atoms with Gasteiger partial charge in [-0.15, -0.1) is 0 Å². The van der Waals surface area contributed by atoms with Crippen LogP contribution in [0.25, 0.3) is 0 Å².